The molecule has 0 aromatic carbocycles. The van der Waals surface area contributed by atoms with Crippen LogP contribution < -0.4 is 0 Å². The molecule has 0 radical (unpaired) electrons. The van der Waals surface area contributed by atoms with Crippen molar-refractivity contribution >= 4 is 11.8 Å². The fourth-order valence-corrected chi connectivity index (χ4v) is 0.961. The van der Waals surface area contributed by atoms with Crippen LogP contribution in [0.15, 0.2) is 0 Å². The number of carbonyl (C=O) groups is 2. The zero-order chi connectivity index (χ0) is 8.85. The number of aliphatic carboxylic acids is 1. The molecule has 0 spiro atoms. The molecule has 0 saturated carbocycles. The van der Waals surface area contributed by atoms with Crippen molar-refractivity contribution in [3.8, 4) is 0 Å². The fourth-order valence-electron chi connectivity index (χ4n) is 0.961. The van der Waals surface area contributed by atoms with Crippen LogP contribution in [0.25, 0.3) is 0 Å². The standard InChI is InChI=1S/C8H14O3/c1-3-5-7(9)6(4-2)8(10)11/h6H,3-5H2,1-2H3,(H,10,11)/t6-/m0/s1. The number of rotatable bonds is 5. The molecule has 0 aliphatic carbocycles. The minimum atomic E-state index is -0.994. The summed E-state index contributed by atoms with van der Waals surface area (Å²) < 4.78 is 0. The Morgan fingerprint density at radius 1 is 1.36 bits per heavy atom. The van der Waals surface area contributed by atoms with Gasteiger partial charge in [-0.15, -0.1) is 0 Å². The lowest BCUT2D eigenvalue weighted by molar-refractivity contribution is -0.146. The van der Waals surface area contributed by atoms with E-state index in [1.807, 2.05) is 6.92 Å². The van der Waals surface area contributed by atoms with E-state index in [9.17, 15) is 9.59 Å². The molecule has 0 aliphatic heterocycles. The minimum absolute atomic E-state index is 0.150. The van der Waals surface area contributed by atoms with Crippen molar-refractivity contribution < 1.29 is 14.7 Å². The first-order valence-electron chi connectivity index (χ1n) is 3.89. The van der Waals surface area contributed by atoms with Crippen LogP contribution >= 0.6 is 0 Å². The molecule has 3 nitrogen and oxygen atoms in total. The highest BCUT2D eigenvalue weighted by Gasteiger charge is 2.22. The summed E-state index contributed by atoms with van der Waals surface area (Å²) in [5.74, 6) is -1.93. The van der Waals surface area contributed by atoms with E-state index in [4.69, 9.17) is 5.11 Å². The zero-order valence-electron chi connectivity index (χ0n) is 6.96. The molecular weight excluding hydrogens is 144 g/mol. The van der Waals surface area contributed by atoms with Gasteiger partial charge in [-0.2, -0.15) is 0 Å². The largest absolute Gasteiger partial charge is 0.481 e. The van der Waals surface area contributed by atoms with E-state index in [0.29, 0.717) is 12.8 Å². The summed E-state index contributed by atoms with van der Waals surface area (Å²) in [6.07, 6.45) is 1.50. The molecule has 0 aromatic rings. The Labute approximate surface area is 66.4 Å². The first-order chi connectivity index (χ1) is 5.13. The number of carboxylic acids is 1. The van der Waals surface area contributed by atoms with Crippen molar-refractivity contribution in [2.24, 2.45) is 5.92 Å². The van der Waals surface area contributed by atoms with Crippen molar-refractivity contribution in [3.05, 3.63) is 0 Å². The van der Waals surface area contributed by atoms with Gasteiger partial charge in [0.15, 0.2) is 0 Å². The molecular formula is C8H14O3. The van der Waals surface area contributed by atoms with Crippen LogP contribution in [0, 0.1) is 5.92 Å². The van der Waals surface area contributed by atoms with Crippen LogP contribution in [0.1, 0.15) is 33.1 Å². The van der Waals surface area contributed by atoms with Crippen LogP contribution in [-0.4, -0.2) is 16.9 Å². The van der Waals surface area contributed by atoms with Gasteiger partial charge in [-0.3, -0.25) is 9.59 Å². The Balaban J connectivity index is 4.03. The van der Waals surface area contributed by atoms with E-state index in [2.05, 4.69) is 0 Å². The fraction of sp³-hybridized carbons (Fsp3) is 0.750. The zero-order valence-corrected chi connectivity index (χ0v) is 6.96. The molecule has 0 bridgehead atoms. The van der Waals surface area contributed by atoms with E-state index in [-0.39, 0.29) is 5.78 Å². The number of carbonyl (C=O) groups excluding carboxylic acids is 1. The van der Waals surface area contributed by atoms with Gasteiger partial charge in [0.1, 0.15) is 11.7 Å². The Morgan fingerprint density at radius 3 is 2.18 bits per heavy atom. The lowest BCUT2D eigenvalue weighted by atomic mass is 9.98. The summed E-state index contributed by atoms with van der Waals surface area (Å²) in [6.45, 7) is 3.58. The molecule has 3 heteroatoms. The molecule has 0 heterocycles. The van der Waals surface area contributed by atoms with Crippen molar-refractivity contribution in [3.63, 3.8) is 0 Å². The molecule has 0 aromatic heterocycles. The Kier molecular flexibility index (Phi) is 4.50. The SMILES string of the molecule is CCCC(=O)[C@H](CC)C(=O)O. The van der Waals surface area contributed by atoms with Crippen LogP contribution in [0.5, 0.6) is 0 Å². The molecule has 0 aliphatic rings. The number of Topliss-reactive ketones (excluding diaryl/α,β-unsaturated/α-hetero) is 1. The molecule has 0 rings (SSSR count). The lowest BCUT2D eigenvalue weighted by Crippen LogP contribution is -2.22. The third-order valence-corrected chi connectivity index (χ3v) is 1.59. The number of ketones is 1. The smallest absolute Gasteiger partial charge is 0.314 e. The average molecular weight is 158 g/mol. The maximum atomic E-state index is 11.0. The van der Waals surface area contributed by atoms with Crippen molar-refractivity contribution in [1.82, 2.24) is 0 Å². The quantitative estimate of drug-likeness (QED) is 0.616. The van der Waals surface area contributed by atoms with Crippen LogP contribution in [0.3, 0.4) is 0 Å². The maximum Gasteiger partial charge on any atom is 0.314 e. The van der Waals surface area contributed by atoms with Crippen LogP contribution in [0.2, 0.25) is 0 Å². The van der Waals surface area contributed by atoms with Crippen LogP contribution in [-0.2, 0) is 9.59 Å². The summed E-state index contributed by atoms with van der Waals surface area (Å²) in [7, 11) is 0. The number of hydrogen-bond donors (Lipinski definition) is 1. The topological polar surface area (TPSA) is 54.4 Å². The average Bonchev–Trinajstić information content (AvgIpc) is 1.88. The predicted molar refractivity (Wildman–Crippen MR) is 41.3 cm³/mol. The highest BCUT2D eigenvalue weighted by Crippen LogP contribution is 2.08. The first kappa shape index (κ1) is 10.1. The van der Waals surface area contributed by atoms with E-state index < -0.39 is 11.9 Å². The van der Waals surface area contributed by atoms with Gasteiger partial charge in [0.05, 0.1) is 0 Å². The molecule has 0 amide bonds. The Morgan fingerprint density at radius 2 is 1.91 bits per heavy atom. The van der Waals surface area contributed by atoms with Crippen molar-refractivity contribution in [1.29, 1.82) is 0 Å². The van der Waals surface area contributed by atoms with Gasteiger partial charge in [-0.1, -0.05) is 13.8 Å². The second-order valence-corrected chi connectivity index (χ2v) is 2.52. The maximum absolute atomic E-state index is 11.0. The molecule has 0 unspecified atom stereocenters. The number of carboxylic acid groups (broad SMARTS) is 1. The third-order valence-electron chi connectivity index (χ3n) is 1.59. The second-order valence-electron chi connectivity index (χ2n) is 2.52. The van der Waals surface area contributed by atoms with Crippen molar-refractivity contribution in [2.75, 3.05) is 0 Å². The lowest BCUT2D eigenvalue weighted by Gasteiger charge is -2.06. The van der Waals surface area contributed by atoms with E-state index in [1.165, 1.54) is 0 Å². The summed E-state index contributed by atoms with van der Waals surface area (Å²) in [5, 5.41) is 8.55. The Bertz CT molecular complexity index is 151. The van der Waals surface area contributed by atoms with Gasteiger partial charge in [-0.25, -0.2) is 0 Å². The summed E-state index contributed by atoms with van der Waals surface area (Å²) in [5.41, 5.74) is 0. The van der Waals surface area contributed by atoms with E-state index in [1.54, 1.807) is 6.92 Å². The monoisotopic (exact) mass is 158 g/mol. The molecule has 1 atom stereocenters. The second kappa shape index (κ2) is 4.88. The van der Waals surface area contributed by atoms with E-state index >= 15 is 0 Å². The summed E-state index contributed by atoms with van der Waals surface area (Å²) in [4.78, 5) is 21.5. The summed E-state index contributed by atoms with van der Waals surface area (Å²) >= 11 is 0. The van der Waals surface area contributed by atoms with Gasteiger partial charge in [0, 0.05) is 6.42 Å². The normalized spacial score (nSPS) is 12.5. The van der Waals surface area contributed by atoms with Gasteiger partial charge in [-0.05, 0) is 12.8 Å². The summed E-state index contributed by atoms with van der Waals surface area (Å²) in [6, 6.07) is 0. The van der Waals surface area contributed by atoms with Gasteiger partial charge < -0.3 is 5.11 Å². The Hall–Kier alpha value is -0.860. The first-order valence-corrected chi connectivity index (χ1v) is 3.89. The highest BCUT2D eigenvalue weighted by molar-refractivity contribution is 5.98. The molecule has 64 valence electrons. The number of hydrogen-bond acceptors (Lipinski definition) is 2. The molecule has 1 N–H and O–H groups in total. The van der Waals surface area contributed by atoms with Gasteiger partial charge in [0.2, 0.25) is 0 Å². The molecule has 11 heavy (non-hydrogen) atoms. The van der Waals surface area contributed by atoms with Gasteiger partial charge >= 0.3 is 5.97 Å². The van der Waals surface area contributed by atoms with E-state index in [0.717, 1.165) is 6.42 Å². The minimum Gasteiger partial charge on any atom is -0.481 e. The third kappa shape index (κ3) is 3.16. The van der Waals surface area contributed by atoms with Gasteiger partial charge in [0.25, 0.3) is 0 Å². The molecule has 0 saturated heterocycles. The molecule has 0 fully saturated rings. The highest BCUT2D eigenvalue weighted by atomic mass is 16.4. The predicted octanol–water partition coefficient (Wildman–Crippen LogP) is 1.47. The van der Waals surface area contributed by atoms with Crippen LogP contribution in [0.4, 0.5) is 0 Å². The van der Waals surface area contributed by atoms with Crippen molar-refractivity contribution in [2.45, 2.75) is 33.1 Å².